The van der Waals surface area contributed by atoms with Gasteiger partial charge in [0.25, 0.3) is 0 Å². The quantitative estimate of drug-likeness (QED) is 0.806. The van der Waals surface area contributed by atoms with Crippen LogP contribution >= 0.6 is 0 Å². The minimum atomic E-state index is 0.418. The molecule has 0 saturated heterocycles. The van der Waals surface area contributed by atoms with Gasteiger partial charge in [0, 0.05) is 17.6 Å². The molecule has 0 spiro atoms. The van der Waals surface area contributed by atoms with Crippen LogP contribution in [0, 0.1) is 5.92 Å². The molecule has 1 unspecified atom stereocenters. The summed E-state index contributed by atoms with van der Waals surface area (Å²) in [6, 6.07) is 8.37. The molecule has 0 aliphatic rings. The van der Waals surface area contributed by atoms with Crippen LogP contribution in [-0.4, -0.2) is 11.0 Å². The molecule has 18 heavy (non-hydrogen) atoms. The predicted molar refractivity (Wildman–Crippen MR) is 78.7 cm³/mol. The lowest BCUT2D eigenvalue weighted by Gasteiger charge is -2.19. The lowest BCUT2D eigenvalue weighted by Crippen LogP contribution is -2.18. The number of hydrogen-bond acceptors (Lipinski definition) is 3. The van der Waals surface area contributed by atoms with E-state index in [4.69, 9.17) is 5.73 Å². The third-order valence-corrected chi connectivity index (χ3v) is 3.05. The Kier molecular flexibility index (Phi) is 3.70. The van der Waals surface area contributed by atoms with Crippen molar-refractivity contribution in [3.05, 3.63) is 30.5 Å². The van der Waals surface area contributed by atoms with Crippen molar-refractivity contribution in [2.45, 2.75) is 33.2 Å². The monoisotopic (exact) mass is 243 g/mol. The van der Waals surface area contributed by atoms with Crippen molar-refractivity contribution in [2.24, 2.45) is 5.92 Å². The fourth-order valence-electron chi connectivity index (χ4n) is 2.33. The lowest BCUT2D eigenvalue weighted by molar-refractivity contribution is 0.540. The van der Waals surface area contributed by atoms with Crippen LogP contribution in [0.4, 0.5) is 11.4 Å². The molecule has 1 aromatic carbocycles. The molecule has 0 saturated carbocycles. The molecule has 2 rings (SSSR count). The zero-order valence-electron chi connectivity index (χ0n) is 11.3. The normalized spacial score (nSPS) is 12.9. The van der Waals surface area contributed by atoms with Crippen molar-refractivity contribution in [1.82, 2.24) is 4.98 Å². The minimum Gasteiger partial charge on any atom is -0.397 e. The Morgan fingerprint density at radius 2 is 2.00 bits per heavy atom. The second-order valence-corrected chi connectivity index (χ2v) is 5.27. The van der Waals surface area contributed by atoms with Gasteiger partial charge >= 0.3 is 0 Å². The number of fused-ring (bicyclic) bond motifs is 1. The van der Waals surface area contributed by atoms with Crippen LogP contribution in [0.2, 0.25) is 0 Å². The molecule has 0 bridgehead atoms. The van der Waals surface area contributed by atoms with Crippen LogP contribution in [0.1, 0.15) is 27.2 Å². The summed E-state index contributed by atoms with van der Waals surface area (Å²) in [4.78, 5) is 4.30. The van der Waals surface area contributed by atoms with Gasteiger partial charge in [0.05, 0.1) is 16.9 Å². The number of aromatic nitrogens is 1. The van der Waals surface area contributed by atoms with Crippen LogP contribution < -0.4 is 11.1 Å². The molecule has 0 amide bonds. The van der Waals surface area contributed by atoms with Gasteiger partial charge in [0.2, 0.25) is 0 Å². The fourth-order valence-corrected chi connectivity index (χ4v) is 2.33. The molecule has 3 heteroatoms. The first-order valence-corrected chi connectivity index (χ1v) is 6.47. The van der Waals surface area contributed by atoms with Crippen molar-refractivity contribution in [1.29, 1.82) is 0 Å². The SMILES string of the molecule is CC(C)CC(C)Nc1ccc2ncccc2c1N. The highest BCUT2D eigenvalue weighted by molar-refractivity contribution is 5.96. The Balaban J connectivity index is 2.26. The van der Waals surface area contributed by atoms with E-state index in [1.54, 1.807) is 6.20 Å². The maximum atomic E-state index is 6.20. The second kappa shape index (κ2) is 5.25. The number of nitrogens with zero attached hydrogens (tertiary/aromatic N) is 1. The van der Waals surface area contributed by atoms with E-state index in [2.05, 4.69) is 31.1 Å². The van der Waals surface area contributed by atoms with E-state index < -0.39 is 0 Å². The van der Waals surface area contributed by atoms with Crippen molar-refractivity contribution >= 4 is 22.3 Å². The summed E-state index contributed by atoms with van der Waals surface area (Å²) in [7, 11) is 0. The predicted octanol–water partition coefficient (Wildman–Crippen LogP) is 3.66. The van der Waals surface area contributed by atoms with Crippen LogP contribution in [-0.2, 0) is 0 Å². The molecule has 3 N–H and O–H groups in total. The van der Waals surface area contributed by atoms with E-state index in [0.29, 0.717) is 12.0 Å². The highest BCUT2D eigenvalue weighted by Crippen LogP contribution is 2.28. The highest BCUT2D eigenvalue weighted by Gasteiger charge is 2.09. The van der Waals surface area contributed by atoms with Crippen LogP contribution in [0.15, 0.2) is 30.5 Å². The highest BCUT2D eigenvalue weighted by atomic mass is 14.9. The van der Waals surface area contributed by atoms with E-state index in [0.717, 1.165) is 28.7 Å². The number of pyridine rings is 1. The summed E-state index contributed by atoms with van der Waals surface area (Å²) < 4.78 is 0. The summed E-state index contributed by atoms with van der Waals surface area (Å²) in [5.41, 5.74) is 8.93. The standard InChI is InChI=1S/C15H21N3/c1-10(2)9-11(3)18-14-7-6-13-12(15(14)16)5-4-8-17-13/h4-8,10-11,18H,9,16H2,1-3H3. The van der Waals surface area contributed by atoms with E-state index >= 15 is 0 Å². The molecule has 0 aliphatic heterocycles. The number of hydrogen-bond donors (Lipinski definition) is 2. The fraction of sp³-hybridized carbons (Fsp3) is 0.400. The summed E-state index contributed by atoms with van der Waals surface area (Å²) >= 11 is 0. The van der Waals surface area contributed by atoms with Gasteiger partial charge in [-0.2, -0.15) is 0 Å². The van der Waals surface area contributed by atoms with Gasteiger partial charge in [-0.15, -0.1) is 0 Å². The molecule has 0 radical (unpaired) electrons. The van der Waals surface area contributed by atoms with Gasteiger partial charge in [0.1, 0.15) is 0 Å². The number of nitrogens with two attached hydrogens (primary N) is 1. The van der Waals surface area contributed by atoms with Crippen molar-refractivity contribution < 1.29 is 0 Å². The zero-order valence-corrected chi connectivity index (χ0v) is 11.3. The van der Waals surface area contributed by atoms with Gasteiger partial charge in [-0.25, -0.2) is 0 Å². The van der Waals surface area contributed by atoms with Crippen molar-refractivity contribution in [2.75, 3.05) is 11.1 Å². The molecular formula is C15H21N3. The smallest absolute Gasteiger partial charge is 0.0724 e. The summed E-state index contributed by atoms with van der Waals surface area (Å²) in [5.74, 6) is 0.677. The van der Waals surface area contributed by atoms with E-state index in [1.807, 2.05) is 24.3 Å². The Bertz CT molecular complexity index is 534. The van der Waals surface area contributed by atoms with Crippen molar-refractivity contribution in [3.63, 3.8) is 0 Å². The molecular weight excluding hydrogens is 222 g/mol. The third kappa shape index (κ3) is 2.73. The number of nitrogen functional groups attached to an aromatic ring is 1. The summed E-state index contributed by atoms with van der Waals surface area (Å²) in [5, 5.41) is 4.49. The maximum absolute atomic E-state index is 6.20. The average Bonchev–Trinajstić information content (AvgIpc) is 2.32. The van der Waals surface area contributed by atoms with Gasteiger partial charge < -0.3 is 11.1 Å². The molecule has 1 heterocycles. The first-order valence-electron chi connectivity index (χ1n) is 6.47. The van der Waals surface area contributed by atoms with Gasteiger partial charge in [-0.1, -0.05) is 13.8 Å². The van der Waals surface area contributed by atoms with Gasteiger partial charge in [0.15, 0.2) is 0 Å². The molecule has 2 aromatic rings. The number of rotatable bonds is 4. The van der Waals surface area contributed by atoms with E-state index in [-0.39, 0.29) is 0 Å². The second-order valence-electron chi connectivity index (χ2n) is 5.27. The van der Waals surface area contributed by atoms with Crippen LogP contribution in [0.3, 0.4) is 0 Å². The number of nitrogens with one attached hydrogen (secondary N) is 1. The number of benzene rings is 1. The molecule has 0 aliphatic carbocycles. The summed E-state index contributed by atoms with van der Waals surface area (Å²) in [6.07, 6.45) is 2.92. The van der Waals surface area contributed by atoms with Gasteiger partial charge in [-0.3, -0.25) is 4.98 Å². The average molecular weight is 243 g/mol. The largest absolute Gasteiger partial charge is 0.397 e. The van der Waals surface area contributed by atoms with Crippen LogP contribution in [0.5, 0.6) is 0 Å². The molecule has 3 nitrogen and oxygen atoms in total. The van der Waals surface area contributed by atoms with Crippen molar-refractivity contribution in [3.8, 4) is 0 Å². The maximum Gasteiger partial charge on any atom is 0.0724 e. The van der Waals surface area contributed by atoms with E-state index in [9.17, 15) is 0 Å². The minimum absolute atomic E-state index is 0.418. The molecule has 0 fully saturated rings. The number of anilines is 2. The first kappa shape index (κ1) is 12.7. The Hall–Kier alpha value is -1.77. The lowest BCUT2D eigenvalue weighted by atomic mass is 10.0. The van der Waals surface area contributed by atoms with E-state index in [1.165, 1.54) is 0 Å². The third-order valence-electron chi connectivity index (χ3n) is 3.05. The molecule has 96 valence electrons. The topological polar surface area (TPSA) is 50.9 Å². The molecule has 1 atom stereocenters. The Morgan fingerprint density at radius 3 is 2.72 bits per heavy atom. The Labute approximate surface area is 108 Å². The first-order chi connectivity index (χ1) is 8.58. The zero-order chi connectivity index (χ0) is 13.1. The van der Waals surface area contributed by atoms with Gasteiger partial charge in [-0.05, 0) is 43.5 Å². The molecule has 1 aromatic heterocycles. The van der Waals surface area contributed by atoms with Crippen LogP contribution in [0.25, 0.3) is 10.9 Å². The summed E-state index contributed by atoms with van der Waals surface area (Å²) in [6.45, 7) is 6.64. The Morgan fingerprint density at radius 1 is 1.22 bits per heavy atom.